The van der Waals surface area contributed by atoms with Crippen molar-refractivity contribution in [3.63, 3.8) is 0 Å². The summed E-state index contributed by atoms with van der Waals surface area (Å²) in [6.07, 6.45) is 1.89. The molecule has 1 amide bonds. The molecule has 0 aliphatic carbocycles. The number of aryl methyl sites for hydroxylation is 1. The minimum absolute atomic E-state index is 0.0144. The standard InChI is InChI=1S/C15H18N2O2/c1-2-17-8-4-7-14(17)15(19)16-10-12-5-3-6-13(9-12)11-18/h3-9,18H,2,10-11H2,1H3,(H,16,19). The zero-order valence-corrected chi connectivity index (χ0v) is 11.0. The quantitative estimate of drug-likeness (QED) is 0.861. The molecule has 2 aromatic rings. The molecule has 1 aromatic heterocycles. The van der Waals surface area contributed by atoms with Crippen molar-refractivity contribution in [2.45, 2.75) is 26.6 Å². The van der Waals surface area contributed by atoms with Gasteiger partial charge in [0.15, 0.2) is 0 Å². The number of carbonyl (C=O) groups is 1. The van der Waals surface area contributed by atoms with Crippen LogP contribution in [0, 0.1) is 0 Å². The van der Waals surface area contributed by atoms with Gasteiger partial charge in [0.05, 0.1) is 6.61 Å². The lowest BCUT2D eigenvalue weighted by molar-refractivity contribution is 0.0941. The Kier molecular flexibility index (Phi) is 4.36. The first-order chi connectivity index (χ1) is 9.24. The maximum absolute atomic E-state index is 12.0. The Morgan fingerprint density at radius 1 is 1.26 bits per heavy atom. The van der Waals surface area contributed by atoms with Crippen LogP contribution in [-0.2, 0) is 19.7 Å². The Morgan fingerprint density at radius 3 is 2.79 bits per heavy atom. The first-order valence-corrected chi connectivity index (χ1v) is 6.36. The van der Waals surface area contributed by atoms with Crippen LogP contribution in [0.2, 0.25) is 0 Å². The zero-order valence-electron chi connectivity index (χ0n) is 11.0. The Hall–Kier alpha value is -2.07. The average molecular weight is 258 g/mol. The number of amides is 1. The summed E-state index contributed by atoms with van der Waals surface area (Å²) in [5.74, 6) is -0.0822. The van der Waals surface area contributed by atoms with E-state index in [4.69, 9.17) is 5.11 Å². The Balaban J connectivity index is 2.00. The van der Waals surface area contributed by atoms with E-state index in [-0.39, 0.29) is 12.5 Å². The van der Waals surface area contributed by atoms with Crippen molar-refractivity contribution in [3.8, 4) is 0 Å². The SMILES string of the molecule is CCn1cccc1C(=O)NCc1cccc(CO)c1. The molecule has 0 spiro atoms. The van der Waals surface area contributed by atoms with E-state index in [1.807, 2.05) is 54.1 Å². The second kappa shape index (κ2) is 6.20. The lowest BCUT2D eigenvalue weighted by Gasteiger charge is -2.08. The Morgan fingerprint density at radius 2 is 2.05 bits per heavy atom. The van der Waals surface area contributed by atoms with Gasteiger partial charge in [-0.05, 0) is 30.2 Å². The van der Waals surface area contributed by atoms with Gasteiger partial charge in [-0.25, -0.2) is 0 Å². The number of aliphatic hydroxyl groups excluding tert-OH is 1. The van der Waals surface area contributed by atoms with Crippen molar-refractivity contribution in [3.05, 3.63) is 59.4 Å². The van der Waals surface area contributed by atoms with Crippen molar-refractivity contribution >= 4 is 5.91 Å². The molecule has 0 atom stereocenters. The van der Waals surface area contributed by atoms with E-state index in [2.05, 4.69) is 5.32 Å². The number of nitrogens with zero attached hydrogens (tertiary/aromatic N) is 1. The predicted molar refractivity (Wildman–Crippen MR) is 73.6 cm³/mol. The second-order valence-electron chi connectivity index (χ2n) is 4.34. The van der Waals surface area contributed by atoms with Gasteiger partial charge in [0.25, 0.3) is 5.91 Å². The molecule has 0 aliphatic rings. The number of hydrogen-bond acceptors (Lipinski definition) is 2. The average Bonchev–Trinajstić information content (AvgIpc) is 2.93. The molecule has 0 aliphatic heterocycles. The summed E-state index contributed by atoms with van der Waals surface area (Å²) in [6, 6.07) is 11.2. The highest BCUT2D eigenvalue weighted by molar-refractivity contribution is 5.92. The van der Waals surface area contributed by atoms with Gasteiger partial charge in [-0.3, -0.25) is 4.79 Å². The molecule has 0 saturated carbocycles. The fourth-order valence-electron chi connectivity index (χ4n) is 2.01. The molecule has 1 heterocycles. The molecule has 0 unspecified atom stereocenters. The van der Waals surface area contributed by atoms with Gasteiger partial charge < -0.3 is 15.0 Å². The third-order valence-corrected chi connectivity index (χ3v) is 3.03. The van der Waals surface area contributed by atoms with Crippen LogP contribution in [0.1, 0.15) is 28.5 Å². The van der Waals surface area contributed by atoms with Crippen molar-refractivity contribution < 1.29 is 9.90 Å². The minimum atomic E-state index is -0.0822. The van der Waals surface area contributed by atoms with Gasteiger partial charge in [0.2, 0.25) is 0 Å². The first-order valence-electron chi connectivity index (χ1n) is 6.36. The van der Waals surface area contributed by atoms with Crippen LogP contribution in [0.5, 0.6) is 0 Å². The fraction of sp³-hybridized carbons (Fsp3) is 0.267. The number of carbonyl (C=O) groups excluding carboxylic acids is 1. The van der Waals surface area contributed by atoms with Gasteiger partial charge in [0.1, 0.15) is 5.69 Å². The van der Waals surface area contributed by atoms with Crippen LogP contribution in [-0.4, -0.2) is 15.6 Å². The monoisotopic (exact) mass is 258 g/mol. The normalized spacial score (nSPS) is 10.4. The van der Waals surface area contributed by atoms with Crippen LogP contribution < -0.4 is 5.32 Å². The highest BCUT2D eigenvalue weighted by Gasteiger charge is 2.09. The maximum atomic E-state index is 12.0. The summed E-state index contributed by atoms with van der Waals surface area (Å²) in [4.78, 5) is 12.0. The van der Waals surface area contributed by atoms with Crippen molar-refractivity contribution in [1.82, 2.24) is 9.88 Å². The molecule has 0 radical (unpaired) electrons. The Labute approximate surface area is 112 Å². The van der Waals surface area contributed by atoms with Crippen LogP contribution >= 0.6 is 0 Å². The fourth-order valence-corrected chi connectivity index (χ4v) is 2.01. The lowest BCUT2D eigenvalue weighted by Crippen LogP contribution is -2.25. The Bertz CT molecular complexity index is 561. The molecule has 1 aromatic carbocycles. The highest BCUT2D eigenvalue weighted by Crippen LogP contribution is 2.06. The van der Waals surface area contributed by atoms with E-state index in [1.165, 1.54) is 0 Å². The number of rotatable bonds is 5. The van der Waals surface area contributed by atoms with Crippen LogP contribution in [0.4, 0.5) is 0 Å². The summed E-state index contributed by atoms with van der Waals surface area (Å²) in [6.45, 7) is 3.25. The van der Waals surface area contributed by atoms with Crippen molar-refractivity contribution in [1.29, 1.82) is 0 Å². The van der Waals surface area contributed by atoms with Crippen LogP contribution in [0.25, 0.3) is 0 Å². The smallest absolute Gasteiger partial charge is 0.268 e. The topological polar surface area (TPSA) is 54.3 Å². The third-order valence-electron chi connectivity index (χ3n) is 3.03. The second-order valence-corrected chi connectivity index (χ2v) is 4.34. The van der Waals surface area contributed by atoms with E-state index in [0.717, 1.165) is 17.7 Å². The van der Waals surface area contributed by atoms with Crippen LogP contribution in [0.15, 0.2) is 42.6 Å². The number of hydrogen-bond donors (Lipinski definition) is 2. The molecule has 4 nitrogen and oxygen atoms in total. The van der Waals surface area contributed by atoms with Gasteiger partial charge in [-0.2, -0.15) is 0 Å². The number of benzene rings is 1. The molecule has 4 heteroatoms. The molecule has 2 rings (SSSR count). The maximum Gasteiger partial charge on any atom is 0.268 e. The summed E-state index contributed by atoms with van der Waals surface area (Å²) >= 11 is 0. The molecule has 0 saturated heterocycles. The molecule has 2 N–H and O–H groups in total. The van der Waals surface area contributed by atoms with Gasteiger partial charge in [0, 0.05) is 19.3 Å². The molecule has 0 fully saturated rings. The highest BCUT2D eigenvalue weighted by atomic mass is 16.3. The van der Waals surface area contributed by atoms with Crippen molar-refractivity contribution in [2.24, 2.45) is 0 Å². The van der Waals surface area contributed by atoms with Crippen molar-refractivity contribution in [2.75, 3.05) is 0 Å². The van der Waals surface area contributed by atoms with Gasteiger partial charge in [-0.15, -0.1) is 0 Å². The summed E-state index contributed by atoms with van der Waals surface area (Å²) < 4.78 is 1.90. The minimum Gasteiger partial charge on any atom is -0.392 e. The largest absolute Gasteiger partial charge is 0.392 e. The number of aliphatic hydroxyl groups is 1. The summed E-state index contributed by atoms with van der Waals surface area (Å²) in [5, 5.41) is 12.0. The van der Waals surface area contributed by atoms with E-state index in [9.17, 15) is 4.79 Å². The van der Waals surface area contributed by atoms with E-state index >= 15 is 0 Å². The molecule has 0 bridgehead atoms. The molecule has 19 heavy (non-hydrogen) atoms. The third kappa shape index (κ3) is 3.23. The van der Waals surface area contributed by atoms with E-state index < -0.39 is 0 Å². The summed E-state index contributed by atoms with van der Waals surface area (Å²) in [7, 11) is 0. The summed E-state index contributed by atoms with van der Waals surface area (Å²) in [5.41, 5.74) is 2.50. The van der Waals surface area contributed by atoms with E-state index in [1.54, 1.807) is 0 Å². The van der Waals surface area contributed by atoms with Gasteiger partial charge >= 0.3 is 0 Å². The van der Waals surface area contributed by atoms with Gasteiger partial charge in [-0.1, -0.05) is 24.3 Å². The number of nitrogens with one attached hydrogen (secondary N) is 1. The predicted octanol–water partition coefficient (Wildman–Crippen LogP) is 1.93. The molecular weight excluding hydrogens is 240 g/mol. The van der Waals surface area contributed by atoms with Crippen LogP contribution in [0.3, 0.4) is 0 Å². The molecule has 100 valence electrons. The zero-order chi connectivity index (χ0) is 13.7. The van der Waals surface area contributed by atoms with E-state index in [0.29, 0.717) is 12.2 Å². The number of aromatic nitrogens is 1. The first kappa shape index (κ1) is 13.4. The lowest BCUT2D eigenvalue weighted by atomic mass is 10.1. The molecular formula is C15H18N2O2.